The number of likely N-dealkylation sites (N-methyl/N-ethyl adjacent to an activating group) is 1. The van der Waals surface area contributed by atoms with Crippen molar-refractivity contribution in [1.29, 1.82) is 0 Å². The number of hydrogen-bond donors (Lipinski definition) is 2. The number of rotatable bonds is 4. The lowest BCUT2D eigenvalue weighted by atomic mass is 10.1. The molecule has 0 aromatic heterocycles. The Morgan fingerprint density at radius 2 is 1.94 bits per heavy atom. The Morgan fingerprint density at radius 3 is 2.44 bits per heavy atom. The smallest absolute Gasteiger partial charge is 0.123 e. The molecule has 0 radical (unpaired) electrons. The van der Waals surface area contributed by atoms with Gasteiger partial charge in [-0.05, 0) is 32.0 Å². The summed E-state index contributed by atoms with van der Waals surface area (Å²) in [5.41, 5.74) is 1.26. The highest BCUT2D eigenvalue weighted by atomic mass is 19.1. The summed E-state index contributed by atoms with van der Waals surface area (Å²) >= 11 is 0. The zero-order valence-corrected chi connectivity index (χ0v) is 9.81. The van der Waals surface area contributed by atoms with Crippen LogP contribution in [0.1, 0.15) is 25.5 Å². The van der Waals surface area contributed by atoms with Gasteiger partial charge in [0.05, 0.1) is 12.2 Å². The highest BCUT2D eigenvalue weighted by Crippen LogP contribution is 2.26. The summed E-state index contributed by atoms with van der Waals surface area (Å²) in [6.45, 7) is 3.71. The molecule has 0 fully saturated rings. The molecule has 3 nitrogen and oxygen atoms in total. The molecule has 2 atom stereocenters. The largest absolute Gasteiger partial charge is 0.392 e. The monoisotopic (exact) mass is 227 g/mol. The number of aliphatic hydroxyl groups is 2. The van der Waals surface area contributed by atoms with Gasteiger partial charge in [-0.15, -0.1) is 0 Å². The first kappa shape index (κ1) is 12.9. The molecule has 2 N–H and O–H groups in total. The van der Waals surface area contributed by atoms with Gasteiger partial charge in [0.1, 0.15) is 5.82 Å². The molecule has 0 amide bonds. The summed E-state index contributed by atoms with van der Waals surface area (Å²) in [7, 11) is 1.80. The van der Waals surface area contributed by atoms with Crippen LogP contribution >= 0.6 is 0 Å². The summed E-state index contributed by atoms with van der Waals surface area (Å²) in [6.07, 6.45) is -1.21. The van der Waals surface area contributed by atoms with Crippen molar-refractivity contribution in [1.82, 2.24) is 0 Å². The van der Waals surface area contributed by atoms with Crippen LogP contribution in [0.5, 0.6) is 0 Å². The predicted molar refractivity (Wildman–Crippen MR) is 62.0 cm³/mol. The molecule has 0 aliphatic carbocycles. The first-order valence-corrected chi connectivity index (χ1v) is 5.28. The van der Waals surface area contributed by atoms with Gasteiger partial charge in [0.2, 0.25) is 0 Å². The van der Waals surface area contributed by atoms with Crippen LogP contribution in [0.3, 0.4) is 0 Å². The second-order valence-corrected chi connectivity index (χ2v) is 4.11. The topological polar surface area (TPSA) is 43.7 Å². The van der Waals surface area contributed by atoms with E-state index in [1.165, 1.54) is 12.1 Å². The highest BCUT2D eigenvalue weighted by molar-refractivity contribution is 5.54. The summed E-state index contributed by atoms with van der Waals surface area (Å²) in [5, 5.41) is 18.8. The van der Waals surface area contributed by atoms with Gasteiger partial charge in [0, 0.05) is 24.8 Å². The second kappa shape index (κ2) is 5.27. The Balaban J connectivity index is 3.02. The van der Waals surface area contributed by atoms with E-state index in [0.29, 0.717) is 12.1 Å². The molecule has 1 rings (SSSR count). The molecule has 1 aromatic carbocycles. The van der Waals surface area contributed by atoms with E-state index in [2.05, 4.69) is 0 Å². The minimum Gasteiger partial charge on any atom is -0.392 e. The van der Waals surface area contributed by atoms with Crippen molar-refractivity contribution in [3.05, 3.63) is 29.6 Å². The van der Waals surface area contributed by atoms with Gasteiger partial charge in [0.15, 0.2) is 0 Å². The van der Waals surface area contributed by atoms with Crippen LogP contribution in [0.2, 0.25) is 0 Å². The molecule has 0 heterocycles. The number of benzene rings is 1. The first-order valence-electron chi connectivity index (χ1n) is 5.28. The van der Waals surface area contributed by atoms with Crippen LogP contribution in [0, 0.1) is 5.82 Å². The number of anilines is 1. The van der Waals surface area contributed by atoms with Crippen molar-refractivity contribution in [2.75, 3.05) is 18.5 Å². The van der Waals surface area contributed by atoms with Crippen molar-refractivity contribution in [2.24, 2.45) is 0 Å². The standard InChI is InChI=1S/C12H18FNO2/c1-8(15)7-14(3)12-5-4-10(13)6-11(12)9(2)16/h4-6,8-9,15-16H,7H2,1-3H3/t8?,9-/m0/s1. The van der Waals surface area contributed by atoms with Crippen LogP contribution in [0.15, 0.2) is 18.2 Å². The fourth-order valence-electron chi connectivity index (χ4n) is 1.70. The molecule has 0 saturated carbocycles. The molecule has 0 aliphatic rings. The number of nitrogens with zero attached hydrogens (tertiary/aromatic N) is 1. The number of aliphatic hydroxyl groups excluding tert-OH is 2. The summed E-state index contributed by atoms with van der Waals surface area (Å²) < 4.78 is 13.1. The van der Waals surface area contributed by atoms with Gasteiger partial charge >= 0.3 is 0 Å². The third kappa shape index (κ3) is 3.18. The Bertz CT molecular complexity index is 353. The van der Waals surface area contributed by atoms with E-state index in [-0.39, 0.29) is 5.82 Å². The van der Waals surface area contributed by atoms with Crippen LogP contribution in [0.25, 0.3) is 0 Å². The summed E-state index contributed by atoms with van der Waals surface area (Å²) in [4.78, 5) is 1.80. The first-order chi connectivity index (χ1) is 7.41. The zero-order chi connectivity index (χ0) is 12.3. The highest BCUT2D eigenvalue weighted by Gasteiger charge is 2.13. The number of hydrogen-bond acceptors (Lipinski definition) is 3. The molecule has 16 heavy (non-hydrogen) atoms. The van der Waals surface area contributed by atoms with Crippen LogP contribution in [-0.4, -0.2) is 29.9 Å². The molecule has 0 bridgehead atoms. The van der Waals surface area contributed by atoms with Crippen LogP contribution in [-0.2, 0) is 0 Å². The molecule has 0 saturated heterocycles. The average molecular weight is 227 g/mol. The lowest BCUT2D eigenvalue weighted by molar-refractivity contribution is 0.195. The van der Waals surface area contributed by atoms with Gasteiger partial charge in [-0.1, -0.05) is 0 Å². The lowest BCUT2D eigenvalue weighted by Gasteiger charge is -2.24. The molecular weight excluding hydrogens is 209 g/mol. The lowest BCUT2D eigenvalue weighted by Crippen LogP contribution is -2.28. The molecule has 1 unspecified atom stereocenters. The SMILES string of the molecule is CC(O)CN(C)c1ccc(F)cc1[C@H](C)O. The minimum atomic E-state index is -0.734. The zero-order valence-electron chi connectivity index (χ0n) is 9.81. The molecule has 0 spiro atoms. The molecule has 1 aromatic rings. The van der Waals surface area contributed by atoms with E-state index in [0.717, 1.165) is 5.69 Å². The molecule has 4 heteroatoms. The fourth-order valence-corrected chi connectivity index (χ4v) is 1.70. The van der Waals surface area contributed by atoms with Crippen molar-refractivity contribution < 1.29 is 14.6 Å². The van der Waals surface area contributed by atoms with Gasteiger partial charge in [-0.2, -0.15) is 0 Å². The predicted octanol–water partition coefficient (Wildman–Crippen LogP) is 1.70. The fraction of sp³-hybridized carbons (Fsp3) is 0.500. The molecule has 90 valence electrons. The summed E-state index contributed by atoms with van der Waals surface area (Å²) in [6, 6.07) is 4.28. The van der Waals surface area contributed by atoms with E-state index in [1.807, 2.05) is 0 Å². The Labute approximate surface area is 95.1 Å². The van der Waals surface area contributed by atoms with Crippen molar-refractivity contribution in [3.8, 4) is 0 Å². The van der Waals surface area contributed by atoms with Gasteiger partial charge < -0.3 is 15.1 Å². The van der Waals surface area contributed by atoms with E-state index in [9.17, 15) is 14.6 Å². The van der Waals surface area contributed by atoms with Crippen molar-refractivity contribution >= 4 is 5.69 Å². The van der Waals surface area contributed by atoms with Gasteiger partial charge in [-0.3, -0.25) is 0 Å². The third-order valence-corrected chi connectivity index (χ3v) is 2.39. The van der Waals surface area contributed by atoms with Crippen molar-refractivity contribution in [3.63, 3.8) is 0 Å². The number of halogens is 1. The Hall–Kier alpha value is -1.13. The molecular formula is C12H18FNO2. The van der Waals surface area contributed by atoms with E-state index in [4.69, 9.17) is 0 Å². The van der Waals surface area contributed by atoms with Gasteiger partial charge in [0.25, 0.3) is 0 Å². The van der Waals surface area contributed by atoms with Gasteiger partial charge in [-0.25, -0.2) is 4.39 Å². The third-order valence-electron chi connectivity index (χ3n) is 2.39. The van der Waals surface area contributed by atoms with Crippen LogP contribution in [0.4, 0.5) is 10.1 Å². The maximum Gasteiger partial charge on any atom is 0.123 e. The van der Waals surface area contributed by atoms with E-state index in [1.54, 1.807) is 31.9 Å². The minimum absolute atomic E-state index is 0.370. The quantitative estimate of drug-likeness (QED) is 0.822. The molecule has 0 aliphatic heterocycles. The normalized spacial score (nSPS) is 14.6. The van der Waals surface area contributed by atoms with Crippen molar-refractivity contribution in [2.45, 2.75) is 26.1 Å². The van der Waals surface area contributed by atoms with E-state index >= 15 is 0 Å². The van der Waals surface area contributed by atoms with Crippen LogP contribution < -0.4 is 4.90 Å². The average Bonchev–Trinajstić information content (AvgIpc) is 2.16. The second-order valence-electron chi connectivity index (χ2n) is 4.11. The Morgan fingerprint density at radius 1 is 1.31 bits per heavy atom. The maximum atomic E-state index is 13.1. The summed E-state index contributed by atoms with van der Waals surface area (Å²) in [5.74, 6) is -0.370. The van der Waals surface area contributed by atoms with E-state index < -0.39 is 12.2 Å². The Kier molecular flexibility index (Phi) is 4.26. The maximum absolute atomic E-state index is 13.1.